The summed E-state index contributed by atoms with van der Waals surface area (Å²) >= 11 is 0. The van der Waals surface area contributed by atoms with E-state index in [-0.39, 0.29) is 18.9 Å². The number of amides is 1. The Labute approximate surface area is 575 Å². The molecule has 0 bridgehead atoms. The largest absolute Gasteiger partial charge is 0.394 e. The Morgan fingerprint density at radius 2 is 0.713 bits per heavy atom. The highest BCUT2D eigenvalue weighted by molar-refractivity contribution is 5.76. The number of nitrogens with one attached hydrogen (secondary N) is 1. The van der Waals surface area contributed by atoms with E-state index >= 15 is 0 Å². The van der Waals surface area contributed by atoms with E-state index in [4.69, 9.17) is 18.9 Å². The van der Waals surface area contributed by atoms with Crippen molar-refractivity contribution in [2.75, 3.05) is 19.8 Å². The van der Waals surface area contributed by atoms with Crippen molar-refractivity contribution in [3.63, 3.8) is 0 Å². The summed E-state index contributed by atoms with van der Waals surface area (Å²) in [6.45, 7) is 2.82. The topological polar surface area (TPSA) is 228 Å². The van der Waals surface area contributed by atoms with Crippen molar-refractivity contribution in [3.8, 4) is 0 Å². The van der Waals surface area contributed by atoms with E-state index in [1.54, 1.807) is 6.08 Å². The van der Waals surface area contributed by atoms with Gasteiger partial charge in [-0.1, -0.05) is 331 Å². The molecule has 0 radical (unpaired) electrons. The lowest BCUT2D eigenvalue weighted by molar-refractivity contribution is -0.359. The molecule has 0 saturated carbocycles. The van der Waals surface area contributed by atoms with Gasteiger partial charge in [0.05, 0.1) is 32.0 Å². The van der Waals surface area contributed by atoms with Crippen molar-refractivity contribution < 1.29 is 64.6 Å². The van der Waals surface area contributed by atoms with Crippen molar-refractivity contribution in [1.82, 2.24) is 5.32 Å². The number of carbonyl (C=O) groups is 1. The van der Waals surface area contributed by atoms with Crippen LogP contribution in [0.25, 0.3) is 0 Å². The molecule has 550 valence electrons. The number of rotatable bonds is 66. The van der Waals surface area contributed by atoms with Gasteiger partial charge in [-0.25, -0.2) is 0 Å². The zero-order chi connectivity index (χ0) is 68.0. The highest BCUT2D eigenvalue weighted by atomic mass is 16.7. The molecule has 12 unspecified atom stereocenters. The summed E-state index contributed by atoms with van der Waals surface area (Å²) in [6.07, 6.45) is 70.1. The Hall–Kier alpha value is -2.31. The molecule has 14 heteroatoms. The Morgan fingerprint density at radius 3 is 1.12 bits per heavy atom. The van der Waals surface area contributed by atoms with E-state index in [9.17, 15) is 45.6 Å². The van der Waals surface area contributed by atoms with Gasteiger partial charge >= 0.3 is 0 Å². The van der Waals surface area contributed by atoms with E-state index in [2.05, 4.69) is 67.8 Å². The lowest BCUT2D eigenvalue weighted by atomic mass is 9.97. The zero-order valence-corrected chi connectivity index (χ0v) is 60.2. The van der Waals surface area contributed by atoms with Crippen LogP contribution in [0.5, 0.6) is 0 Å². The van der Waals surface area contributed by atoms with Crippen LogP contribution < -0.4 is 5.32 Å². The highest BCUT2D eigenvalue weighted by Gasteiger charge is 2.51. The second-order valence-electron chi connectivity index (χ2n) is 27.8. The third-order valence-corrected chi connectivity index (χ3v) is 19.2. The summed E-state index contributed by atoms with van der Waals surface area (Å²) in [5.74, 6) is -0.246. The number of carbonyl (C=O) groups excluding carboxylic acids is 1. The third kappa shape index (κ3) is 46.9. The van der Waals surface area contributed by atoms with Gasteiger partial charge in [0.25, 0.3) is 0 Å². The van der Waals surface area contributed by atoms with E-state index in [1.807, 2.05) is 6.08 Å². The number of ether oxygens (including phenoxy) is 4. The maximum Gasteiger partial charge on any atom is 0.220 e. The normalized spacial score (nSPS) is 22.7. The molecule has 2 aliphatic rings. The van der Waals surface area contributed by atoms with Gasteiger partial charge in [0.15, 0.2) is 12.6 Å². The van der Waals surface area contributed by atoms with Crippen LogP contribution in [-0.2, 0) is 23.7 Å². The molecule has 2 saturated heterocycles. The van der Waals surface area contributed by atoms with Crippen molar-refractivity contribution in [3.05, 3.63) is 60.8 Å². The molecule has 2 rings (SSSR count). The highest BCUT2D eigenvalue weighted by Crippen LogP contribution is 2.30. The maximum absolute atomic E-state index is 13.4. The molecule has 0 aromatic rings. The quantitative estimate of drug-likeness (QED) is 0.0204. The molecule has 2 fully saturated rings. The maximum atomic E-state index is 13.4. The van der Waals surface area contributed by atoms with Gasteiger partial charge in [-0.15, -0.1) is 0 Å². The summed E-state index contributed by atoms with van der Waals surface area (Å²) < 4.78 is 22.9. The number of aliphatic hydroxyl groups is 8. The Kier molecular flexibility index (Phi) is 59.8. The minimum atomic E-state index is -1.79. The molecule has 0 aromatic heterocycles. The molecule has 0 aliphatic carbocycles. The number of hydrogen-bond acceptors (Lipinski definition) is 13. The van der Waals surface area contributed by atoms with Crippen LogP contribution in [0.4, 0.5) is 0 Å². The summed E-state index contributed by atoms with van der Waals surface area (Å²) in [7, 11) is 0. The molecule has 0 spiro atoms. The van der Waals surface area contributed by atoms with Gasteiger partial charge in [-0.3, -0.25) is 4.79 Å². The second kappa shape index (κ2) is 64.1. The van der Waals surface area contributed by atoms with E-state index in [0.29, 0.717) is 12.8 Å². The van der Waals surface area contributed by atoms with Crippen LogP contribution in [0.1, 0.15) is 348 Å². The number of hydrogen-bond donors (Lipinski definition) is 9. The molecule has 14 nitrogen and oxygen atoms in total. The number of allylic oxidation sites excluding steroid dienone is 9. The van der Waals surface area contributed by atoms with Crippen LogP contribution in [-0.4, -0.2) is 140 Å². The average Bonchev–Trinajstić information content (AvgIpc) is 0.794. The fourth-order valence-electron chi connectivity index (χ4n) is 12.9. The fourth-order valence-corrected chi connectivity index (χ4v) is 12.9. The van der Waals surface area contributed by atoms with Crippen LogP contribution in [0.2, 0.25) is 0 Å². The average molecular weight is 1330 g/mol. The standard InChI is InChI=1S/C80H147NO13/c1-3-5-7-9-11-13-15-17-19-21-23-25-27-29-31-33-34-36-37-39-41-43-45-47-49-51-53-55-57-59-61-63-69(84)68(67-91-79-77(90)75(88)78(71(66-83)93-79)94-80-76(89)74(87)73(86)70(65-82)92-80)81-72(85)64-62-60-58-56-54-52-50-48-46-44-42-40-38-35-32-30-28-26-24-22-20-18-16-14-12-10-8-6-4-2/h16,18,22,24,28,30,53,55,61,63,68-71,73-80,82-84,86-90H,3-15,17,19-21,23,25-27,29,31-52,54,56-60,62,64-67H2,1-2H3,(H,81,85)/b18-16-,24-22-,30-28-,55-53+,63-61+. The van der Waals surface area contributed by atoms with Crippen molar-refractivity contribution >= 4 is 5.91 Å². The Morgan fingerprint density at radius 1 is 0.383 bits per heavy atom. The van der Waals surface area contributed by atoms with E-state index in [0.717, 1.165) is 44.9 Å². The molecular formula is C80H147NO13. The SMILES string of the molecule is CCCCCCC/C=C\C/C=C\C/C=C\CCCCCCCCCCCCCCCCC(=O)NC(COC1OC(CO)C(OC2OC(CO)C(O)C(O)C2O)C(O)C1O)C(O)/C=C/CC/C=C/CCCCCCCCCCCCCCCCCCCCCCCCCCC. The van der Waals surface area contributed by atoms with Gasteiger partial charge in [0, 0.05) is 6.42 Å². The first-order valence-electron chi connectivity index (χ1n) is 39.5. The molecule has 2 aliphatic heterocycles. The predicted octanol–water partition coefficient (Wildman–Crippen LogP) is 17.6. The minimum absolute atomic E-state index is 0.246. The van der Waals surface area contributed by atoms with Gasteiger partial charge in [0.1, 0.15) is 48.8 Å². The summed E-state index contributed by atoms with van der Waals surface area (Å²) in [6, 6.07) is -0.936. The first-order valence-corrected chi connectivity index (χ1v) is 39.5. The van der Waals surface area contributed by atoms with Gasteiger partial charge < -0.3 is 65.1 Å². The molecule has 9 N–H and O–H groups in total. The monoisotopic (exact) mass is 1330 g/mol. The molecule has 2 heterocycles. The van der Waals surface area contributed by atoms with Gasteiger partial charge in [-0.05, 0) is 70.6 Å². The van der Waals surface area contributed by atoms with Crippen LogP contribution in [0.3, 0.4) is 0 Å². The second-order valence-corrected chi connectivity index (χ2v) is 27.8. The van der Waals surface area contributed by atoms with Crippen LogP contribution in [0, 0.1) is 0 Å². The smallest absolute Gasteiger partial charge is 0.220 e. The number of aliphatic hydroxyl groups excluding tert-OH is 8. The fraction of sp³-hybridized carbons (Fsp3) is 0.863. The first kappa shape index (κ1) is 87.8. The summed E-state index contributed by atoms with van der Waals surface area (Å²) in [5.41, 5.74) is 0. The Balaban J connectivity index is 1.65. The lowest BCUT2D eigenvalue weighted by Gasteiger charge is -2.46. The Bertz CT molecular complexity index is 1810. The first-order chi connectivity index (χ1) is 46.1. The van der Waals surface area contributed by atoms with Crippen molar-refractivity contribution in [2.45, 2.75) is 421 Å². The summed E-state index contributed by atoms with van der Waals surface area (Å²) in [4.78, 5) is 13.4. The molecule has 94 heavy (non-hydrogen) atoms. The molecule has 0 aromatic carbocycles. The minimum Gasteiger partial charge on any atom is -0.394 e. The van der Waals surface area contributed by atoms with Crippen molar-refractivity contribution in [2.24, 2.45) is 0 Å². The molecule has 12 atom stereocenters. The van der Waals surface area contributed by atoms with Crippen molar-refractivity contribution in [1.29, 1.82) is 0 Å². The summed E-state index contributed by atoms with van der Waals surface area (Å²) in [5, 5.41) is 87.6. The zero-order valence-electron chi connectivity index (χ0n) is 60.2. The van der Waals surface area contributed by atoms with Gasteiger partial charge in [-0.2, -0.15) is 0 Å². The van der Waals surface area contributed by atoms with Crippen LogP contribution >= 0.6 is 0 Å². The van der Waals surface area contributed by atoms with E-state index < -0.39 is 86.8 Å². The predicted molar refractivity (Wildman–Crippen MR) is 387 cm³/mol. The van der Waals surface area contributed by atoms with E-state index in [1.165, 1.54) is 270 Å². The van der Waals surface area contributed by atoms with Crippen LogP contribution in [0.15, 0.2) is 60.8 Å². The molecule has 1 amide bonds. The number of unbranched alkanes of at least 4 members (excludes halogenated alkanes) is 45. The van der Waals surface area contributed by atoms with Gasteiger partial charge in [0.2, 0.25) is 5.91 Å². The lowest BCUT2D eigenvalue weighted by Crippen LogP contribution is -2.65. The molecular weight excluding hydrogens is 1180 g/mol. The third-order valence-electron chi connectivity index (χ3n) is 19.2.